The van der Waals surface area contributed by atoms with Gasteiger partial charge in [0.2, 0.25) is 0 Å². The summed E-state index contributed by atoms with van der Waals surface area (Å²) in [4.78, 5) is 0. The molecule has 0 saturated carbocycles. The average molecular weight is 287 g/mol. The number of rotatable bonds is 9. The summed E-state index contributed by atoms with van der Waals surface area (Å²) >= 11 is 0. The number of hydrogen-bond donors (Lipinski definition) is 0. The topological polar surface area (TPSA) is 0 Å². The molecule has 0 fully saturated rings. The molecular weight excluding hydrogens is 263 g/mol. The van der Waals surface area contributed by atoms with Crippen LogP contribution in [0.4, 0.5) is 0 Å². The van der Waals surface area contributed by atoms with Crippen LogP contribution in [0.1, 0.15) is 64.7 Å². The molecule has 0 nitrogen and oxygen atoms in total. The van der Waals surface area contributed by atoms with Crippen LogP contribution >= 0.6 is 0 Å². The Balaban J connectivity index is 0. The first-order valence-electron chi connectivity index (χ1n) is 5.52. The minimum absolute atomic E-state index is 0. The fraction of sp³-hybridized carbons (Fsp3) is 0.833. The second kappa shape index (κ2) is 15.0. The minimum atomic E-state index is 0. The molecule has 0 aromatic heterocycles. The van der Waals surface area contributed by atoms with Crippen molar-refractivity contribution < 1.29 is 0 Å². The van der Waals surface area contributed by atoms with Gasteiger partial charge in [0.15, 0.2) is 0 Å². The van der Waals surface area contributed by atoms with Gasteiger partial charge in [-0.25, -0.2) is 0 Å². The van der Waals surface area contributed by atoms with E-state index in [4.69, 9.17) is 0 Å². The van der Waals surface area contributed by atoms with Gasteiger partial charge in [0.1, 0.15) is 0 Å². The number of allylic oxidation sites excluding steroid dienone is 1. The third-order valence-electron chi connectivity index (χ3n) is 2.26. The molecule has 0 aromatic rings. The van der Waals surface area contributed by atoms with Gasteiger partial charge in [-0.1, -0.05) is 57.9 Å². The Kier molecular flexibility index (Phi) is 18.5. The summed E-state index contributed by atoms with van der Waals surface area (Å²) in [6, 6.07) is 0. The molecule has 4 radical (unpaired) electrons. The molecule has 0 N–H and O–H groups in total. The maximum absolute atomic E-state index is 3.72. The Morgan fingerprint density at radius 2 is 1.31 bits per heavy atom. The van der Waals surface area contributed by atoms with Gasteiger partial charge in [-0.05, 0) is 12.8 Å². The zero-order valence-electron chi connectivity index (χ0n) is 9.15. The van der Waals surface area contributed by atoms with Gasteiger partial charge in [-0.15, -0.1) is 6.58 Å². The SMILES string of the molecule is C=CCCCCCCCCCC.[Sn]. The first-order chi connectivity index (χ1) is 5.91. The second-order valence-corrected chi connectivity index (χ2v) is 3.55. The van der Waals surface area contributed by atoms with Gasteiger partial charge in [0, 0.05) is 23.9 Å². The van der Waals surface area contributed by atoms with E-state index < -0.39 is 0 Å². The molecule has 0 aromatic carbocycles. The maximum atomic E-state index is 3.72. The van der Waals surface area contributed by atoms with E-state index in [1.54, 1.807) is 0 Å². The van der Waals surface area contributed by atoms with Crippen LogP contribution in [-0.4, -0.2) is 23.9 Å². The zero-order chi connectivity index (χ0) is 9.07. The Morgan fingerprint density at radius 1 is 0.846 bits per heavy atom. The molecule has 0 aliphatic carbocycles. The summed E-state index contributed by atoms with van der Waals surface area (Å²) in [5.41, 5.74) is 0. The van der Waals surface area contributed by atoms with Gasteiger partial charge in [0.05, 0.1) is 0 Å². The summed E-state index contributed by atoms with van der Waals surface area (Å²) in [6.07, 6.45) is 14.5. The summed E-state index contributed by atoms with van der Waals surface area (Å²) in [5.74, 6) is 0. The van der Waals surface area contributed by atoms with Crippen LogP contribution in [-0.2, 0) is 0 Å². The molecule has 0 rings (SSSR count). The molecule has 76 valence electrons. The minimum Gasteiger partial charge on any atom is -0.103 e. The summed E-state index contributed by atoms with van der Waals surface area (Å²) in [5, 5.41) is 0. The molecule has 0 bridgehead atoms. The van der Waals surface area contributed by atoms with Crippen molar-refractivity contribution in [2.24, 2.45) is 0 Å². The molecule has 0 heterocycles. The van der Waals surface area contributed by atoms with Crippen molar-refractivity contribution in [3.05, 3.63) is 12.7 Å². The zero-order valence-corrected chi connectivity index (χ0v) is 12.0. The van der Waals surface area contributed by atoms with Crippen LogP contribution in [0.15, 0.2) is 12.7 Å². The first-order valence-corrected chi connectivity index (χ1v) is 5.52. The van der Waals surface area contributed by atoms with Crippen LogP contribution in [0, 0.1) is 0 Å². The van der Waals surface area contributed by atoms with Crippen LogP contribution < -0.4 is 0 Å². The molecule has 0 saturated heterocycles. The molecule has 0 aliphatic rings. The Labute approximate surface area is 101 Å². The van der Waals surface area contributed by atoms with E-state index in [0.29, 0.717) is 0 Å². The van der Waals surface area contributed by atoms with E-state index in [2.05, 4.69) is 13.5 Å². The van der Waals surface area contributed by atoms with Crippen LogP contribution in [0.2, 0.25) is 0 Å². The molecule has 0 atom stereocenters. The molecule has 0 aliphatic heterocycles. The predicted molar refractivity (Wildman–Crippen MR) is 63.2 cm³/mol. The summed E-state index contributed by atoms with van der Waals surface area (Å²) in [7, 11) is 0. The van der Waals surface area contributed by atoms with Crippen LogP contribution in [0.3, 0.4) is 0 Å². The van der Waals surface area contributed by atoms with Gasteiger partial charge < -0.3 is 0 Å². The third-order valence-corrected chi connectivity index (χ3v) is 2.26. The fourth-order valence-electron chi connectivity index (χ4n) is 1.42. The molecule has 0 unspecified atom stereocenters. The van der Waals surface area contributed by atoms with E-state index in [9.17, 15) is 0 Å². The second-order valence-electron chi connectivity index (χ2n) is 3.55. The standard InChI is InChI=1S/C12H24.Sn/c1-3-5-7-9-11-12-10-8-6-4-2;/h3H,1,4-12H2,2H3;. The monoisotopic (exact) mass is 288 g/mol. The van der Waals surface area contributed by atoms with E-state index in [1.165, 1.54) is 57.8 Å². The van der Waals surface area contributed by atoms with Crippen molar-refractivity contribution in [1.82, 2.24) is 0 Å². The summed E-state index contributed by atoms with van der Waals surface area (Å²) < 4.78 is 0. The van der Waals surface area contributed by atoms with Crippen LogP contribution in [0.25, 0.3) is 0 Å². The smallest absolute Gasteiger partial charge is 0 e. The number of hydrogen-bond acceptors (Lipinski definition) is 0. The van der Waals surface area contributed by atoms with E-state index in [-0.39, 0.29) is 23.9 Å². The number of unbranched alkanes of at least 4 members (excludes halogenated alkanes) is 8. The van der Waals surface area contributed by atoms with Gasteiger partial charge in [-0.2, -0.15) is 0 Å². The Bertz CT molecular complexity index is 89.1. The molecule has 0 spiro atoms. The summed E-state index contributed by atoms with van der Waals surface area (Å²) in [6.45, 7) is 5.99. The van der Waals surface area contributed by atoms with E-state index >= 15 is 0 Å². The first kappa shape index (κ1) is 16.0. The van der Waals surface area contributed by atoms with Crippen molar-refractivity contribution in [2.75, 3.05) is 0 Å². The van der Waals surface area contributed by atoms with Crippen molar-refractivity contribution in [3.8, 4) is 0 Å². The van der Waals surface area contributed by atoms with Crippen molar-refractivity contribution >= 4 is 23.9 Å². The Morgan fingerprint density at radius 3 is 1.77 bits per heavy atom. The molecule has 1 heteroatoms. The van der Waals surface area contributed by atoms with Gasteiger partial charge in [0.25, 0.3) is 0 Å². The van der Waals surface area contributed by atoms with E-state index in [0.717, 1.165) is 0 Å². The van der Waals surface area contributed by atoms with Gasteiger partial charge >= 0.3 is 0 Å². The molecule has 0 amide bonds. The third kappa shape index (κ3) is 15.3. The fourth-order valence-corrected chi connectivity index (χ4v) is 1.42. The molecule has 13 heavy (non-hydrogen) atoms. The average Bonchev–Trinajstić information content (AvgIpc) is 2.10. The van der Waals surface area contributed by atoms with Crippen molar-refractivity contribution in [1.29, 1.82) is 0 Å². The van der Waals surface area contributed by atoms with Gasteiger partial charge in [-0.3, -0.25) is 0 Å². The Hall–Kier alpha value is 0.539. The maximum Gasteiger partial charge on any atom is 0 e. The quantitative estimate of drug-likeness (QED) is 0.336. The predicted octanol–water partition coefficient (Wildman–Crippen LogP) is 4.32. The van der Waals surface area contributed by atoms with E-state index in [1.807, 2.05) is 6.08 Å². The normalized spacial score (nSPS) is 9.31. The molecular formula is C12H24Sn. The van der Waals surface area contributed by atoms with Crippen molar-refractivity contribution in [2.45, 2.75) is 64.7 Å². The largest absolute Gasteiger partial charge is 0.103 e. The van der Waals surface area contributed by atoms with Crippen molar-refractivity contribution in [3.63, 3.8) is 0 Å². The van der Waals surface area contributed by atoms with Crippen LogP contribution in [0.5, 0.6) is 0 Å².